The summed E-state index contributed by atoms with van der Waals surface area (Å²) in [6, 6.07) is 7.08. The lowest BCUT2D eigenvalue weighted by atomic mass is 10.0. The molecule has 5 heteroatoms. The molecular weight excluding hydrogens is 302 g/mol. The van der Waals surface area contributed by atoms with Gasteiger partial charge in [0.05, 0.1) is 12.1 Å². The number of hydrogen-bond donors (Lipinski definition) is 1. The first-order chi connectivity index (χ1) is 11.7. The molecule has 0 bridgehead atoms. The van der Waals surface area contributed by atoms with E-state index in [0.717, 1.165) is 38.3 Å². The van der Waals surface area contributed by atoms with Gasteiger partial charge in [0.1, 0.15) is 0 Å². The van der Waals surface area contributed by atoms with Gasteiger partial charge in [-0.05, 0) is 43.7 Å². The third-order valence-corrected chi connectivity index (χ3v) is 5.44. The van der Waals surface area contributed by atoms with Gasteiger partial charge in [-0.2, -0.15) is 0 Å². The van der Waals surface area contributed by atoms with E-state index in [1.165, 1.54) is 24.2 Å². The molecule has 4 rings (SSSR count). The molecule has 5 nitrogen and oxygen atoms in total. The Morgan fingerprint density at radius 2 is 1.96 bits per heavy atom. The summed E-state index contributed by atoms with van der Waals surface area (Å²) in [5, 5.41) is 9.45. The standard InChI is InChI=1S/C19H25N3O2/c1-2-20-7-9-21(10-8-20)17-5-6-18-14(12-17)11-15(19(23)24)13-22(18)16-3-4-16/h5-6,11-12,16H,2-4,7-10,13H2,1H3,(H,23,24). The predicted octanol–water partition coefficient (Wildman–Crippen LogP) is 2.28. The van der Waals surface area contributed by atoms with E-state index in [0.29, 0.717) is 18.2 Å². The average molecular weight is 327 g/mol. The smallest absolute Gasteiger partial charge is 0.333 e. The molecule has 1 aromatic carbocycles. The molecule has 24 heavy (non-hydrogen) atoms. The number of benzene rings is 1. The topological polar surface area (TPSA) is 47.0 Å². The lowest BCUT2D eigenvalue weighted by molar-refractivity contribution is -0.132. The monoisotopic (exact) mass is 327 g/mol. The molecule has 0 amide bonds. The third kappa shape index (κ3) is 2.88. The number of fused-ring (bicyclic) bond motifs is 1. The van der Waals surface area contributed by atoms with Crippen molar-refractivity contribution in [3.8, 4) is 0 Å². The van der Waals surface area contributed by atoms with E-state index < -0.39 is 5.97 Å². The molecule has 1 aliphatic carbocycles. The number of carbonyl (C=O) groups is 1. The second-order valence-electron chi connectivity index (χ2n) is 7.00. The van der Waals surface area contributed by atoms with Gasteiger partial charge in [0.25, 0.3) is 0 Å². The molecule has 2 aliphatic heterocycles. The van der Waals surface area contributed by atoms with Gasteiger partial charge in [0, 0.05) is 49.2 Å². The normalized spacial score (nSPS) is 21.5. The fourth-order valence-corrected chi connectivity index (χ4v) is 3.78. The number of aliphatic carboxylic acids is 1. The molecule has 3 aliphatic rings. The summed E-state index contributed by atoms with van der Waals surface area (Å²) in [5.74, 6) is -0.798. The van der Waals surface area contributed by atoms with E-state index in [1.54, 1.807) is 0 Å². The van der Waals surface area contributed by atoms with Crippen LogP contribution in [0.15, 0.2) is 23.8 Å². The van der Waals surface area contributed by atoms with Gasteiger partial charge in [-0.3, -0.25) is 0 Å². The molecule has 0 unspecified atom stereocenters. The highest BCUT2D eigenvalue weighted by molar-refractivity contribution is 5.97. The molecule has 0 radical (unpaired) electrons. The average Bonchev–Trinajstić information content (AvgIpc) is 3.45. The third-order valence-electron chi connectivity index (χ3n) is 5.44. The minimum atomic E-state index is -0.798. The second-order valence-corrected chi connectivity index (χ2v) is 7.00. The fraction of sp³-hybridized carbons (Fsp3) is 0.526. The molecule has 0 aromatic heterocycles. The zero-order valence-electron chi connectivity index (χ0n) is 14.2. The van der Waals surface area contributed by atoms with Crippen LogP contribution in [-0.2, 0) is 4.79 Å². The quantitative estimate of drug-likeness (QED) is 0.919. The van der Waals surface area contributed by atoms with Gasteiger partial charge in [-0.15, -0.1) is 0 Å². The van der Waals surface area contributed by atoms with Gasteiger partial charge in [0.2, 0.25) is 0 Å². The molecule has 1 aromatic rings. The number of nitrogens with zero attached hydrogens (tertiary/aromatic N) is 3. The Balaban J connectivity index is 1.62. The molecule has 1 N–H and O–H groups in total. The number of carboxylic acids is 1. The number of hydrogen-bond acceptors (Lipinski definition) is 4. The number of likely N-dealkylation sites (N-methyl/N-ethyl adjacent to an activating group) is 1. The van der Waals surface area contributed by atoms with Crippen LogP contribution in [0.4, 0.5) is 11.4 Å². The first-order valence-corrected chi connectivity index (χ1v) is 8.97. The molecular formula is C19H25N3O2. The van der Waals surface area contributed by atoms with Crippen molar-refractivity contribution in [2.75, 3.05) is 49.1 Å². The van der Waals surface area contributed by atoms with E-state index in [9.17, 15) is 9.90 Å². The Kier molecular flexibility index (Phi) is 3.96. The summed E-state index contributed by atoms with van der Waals surface area (Å²) in [6.45, 7) is 8.11. The van der Waals surface area contributed by atoms with Crippen LogP contribution in [0.1, 0.15) is 25.3 Å². The van der Waals surface area contributed by atoms with Gasteiger partial charge in [0.15, 0.2) is 0 Å². The number of rotatable bonds is 4. The molecule has 128 valence electrons. The first-order valence-electron chi connectivity index (χ1n) is 8.97. The SMILES string of the molecule is CCN1CCN(c2ccc3c(c2)C=C(C(=O)O)CN3C2CC2)CC1. The van der Waals surface area contributed by atoms with Gasteiger partial charge >= 0.3 is 5.97 Å². The van der Waals surface area contributed by atoms with Crippen molar-refractivity contribution in [2.45, 2.75) is 25.8 Å². The Labute approximate surface area is 143 Å². The zero-order valence-corrected chi connectivity index (χ0v) is 14.2. The second kappa shape index (κ2) is 6.13. The Morgan fingerprint density at radius 1 is 1.21 bits per heavy atom. The van der Waals surface area contributed by atoms with Crippen molar-refractivity contribution in [1.29, 1.82) is 0 Å². The van der Waals surface area contributed by atoms with Crippen molar-refractivity contribution in [3.63, 3.8) is 0 Å². The van der Waals surface area contributed by atoms with Gasteiger partial charge in [-0.1, -0.05) is 6.92 Å². The van der Waals surface area contributed by atoms with Gasteiger partial charge < -0.3 is 19.8 Å². The minimum Gasteiger partial charge on any atom is -0.478 e. The van der Waals surface area contributed by atoms with Crippen LogP contribution in [0, 0.1) is 0 Å². The Hall–Kier alpha value is -2.01. The fourth-order valence-electron chi connectivity index (χ4n) is 3.78. The van der Waals surface area contributed by atoms with E-state index in [2.05, 4.69) is 39.8 Å². The van der Waals surface area contributed by atoms with Crippen LogP contribution >= 0.6 is 0 Å². The molecule has 2 heterocycles. The summed E-state index contributed by atoms with van der Waals surface area (Å²) in [5.41, 5.74) is 3.96. The number of anilines is 2. The highest BCUT2D eigenvalue weighted by Gasteiger charge is 2.34. The van der Waals surface area contributed by atoms with Crippen LogP contribution in [-0.4, -0.2) is 61.3 Å². The Morgan fingerprint density at radius 3 is 2.58 bits per heavy atom. The van der Waals surface area contributed by atoms with Crippen LogP contribution < -0.4 is 9.80 Å². The summed E-state index contributed by atoms with van der Waals surface area (Å²) in [6.07, 6.45) is 4.21. The van der Waals surface area contributed by atoms with Crippen molar-refractivity contribution in [1.82, 2.24) is 4.90 Å². The number of piperazine rings is 1. The van der Waals surface area contributed by atoms with E-state index in [1.807, 2.05) is 6.08 Å². The molecule has 2 fully saturated rings. The van der Waals surface area contributed by atoms with E-state index >= 15 is 0 Å². The predicted molar refractivity (Wildman–Crippen MR) is 96.7 cm³/mol. The maximum atomic E-state index is 11.5. The lowest BCUT2D eigenvalue weighted by Gasteiger charge is -2.36. The zero-order chi connectivity index (χ0) is 16.7. The molecule has 1 saturated heterocycles. The highest BCUT2D eigenvalue weighted by atomic mass is 16.4. The van der Waals surface area contributed by atoms with Crippen molar-refractivity contribution < 1.29 is 9.90 Å². The van der Waals surface area contributed by atoms with E-state index in [-0.39, 0.29) is 0 Å². The minimum absolute atomic E-state index is 0.502. The highest BCUT2D eigenvalue weighted by Crippen LogP contribution is 2.39. The summed E-state index contributed by atoms with van der Waals surface area (Å²) >= 11 is 0. The summed E-state index contributed by atoms with van der Waals surface area (Å²) in [4.78, 5) is 18.7. The number of carboxylic acid groups (broad SMARTS) is 1. The van der Waals surface area contributed by atoms with Crippen molar-refractivity contribution in [2.24, 2.45) is 0 Å². The van der Waals surface area contributed by atoms with Crippen LogP contribution in [0.2, 0.25) is 0 Å². The lowest BCUT2D eigenvalue weighted by Crippen LogP contribution is -2.46. The van der Waals surface area contributed by atoms with Crippen molar-refractivity contribution >= 4 is 23.4 Å². The van der Waals surface area contributed by atoms with Crippen molar-refractivity contribution in [3.05, 3.63) is 29.3 Å². The Bertz CT molecular complexity index is 673. The summed E-state index contributed by atoms with van der Waals surface area (Å²) in [7, 11) is 0. The summed E-state index contributed by atoms with van der Waals surface area (Å²) < 4.78 is 0. The van der Waals surface area contributed by atoms with Gasteiger partial charge in [-0.25, -0.2) is 4.79 Å². The van der Waals surface area contributed by atoms with Crippen LogP contribution in [0.5, 0.6) is 0 Å². The maximum Gasteiger partial charge on any atom is 0.333 e. The van der Waals surface area contributed by atoms with E-state index in [4.69, 9.17) is 0 Å². The molecule has 0 spiro atoms. The molecule has 1 saturated carbocycles. The largest absolute Gasteiger partial charge is 0.478 e. The van der Waals surface area contributed by atoms with Crippen LogP contribution in [0.3, 0.4) is 0 Å². The maximum absolute atomic E-state index is 11.5. The van der Waals surface area contributed by atoms with Crippen LogP contribution in [0.25, 0.3) is 6.08 Å². The first kappa shape index (κ1) is 15.5. The molecule has 0 atom stereocenters.